The number of carbonyl (C=O) groups is 2. The molecule has 0 fully saturated rings. The van der Waals surface area contributed by atoms with E-state index in [0.717, 1.165) is 0 Å². The third-order valence-corrected chi connectivity index (χ3v) is 3.90. The number of nitrogens with one attached hydrogen (secondary N) is 1. The normalized spacial score (nSPS) is 10.1. The predicted octanol–water partition coefficient (Wildman–Crippen LogP) is 2.34. The van der Waals surface area contributed by atoms with E-state index in [1.807, 2.05) is 0 Å². The molecule has 0 unspecified atom stereocenters. The molecule has 0 saturated carbocycles. The lowest BCUT2D eigenvalue weighted by Crippen LogP contribution is -2.24. The van der Waals surface area contributed by atoms with E-state index < -0.39 is 11.9 Å². The van der Waals surface area contributed by atoms with E-state index in [4.69, 9.17) is 14.2 Å². The Bertz CT molecular complexity index is 749. The average molecular weight is 366 g/mol. The Morgan fingerprint density at radius 3 is 2.28 bits per heavy atom. The maximum atomic E-state index is 11.7. The Labute approximate surface area is 148 Å². The first kappa shape index (κ1) is 18.5. The molecule has 134 valence electrons. The van der Waals surface area contributed by atoms with Crippen LogP contribution in [0.5, 0.6) is 17.2 Å². The molecule has 0 saturated heterocycles. The number of nitrogens with zero attached hydrogens (tertiary/aromatic N) is 1. The summed E-state index contributed by atoms with van der Waals surface area (Å²) in [5.74, 6) is -0.372. The predicted molar refractivity (Wildman–Crippen MR) is 92.5 cm³/mol. The summed E-state index contributed by atoms with van der Waals surface area (Å²) in [6, 6.07) is 3.49. The molecule has 2 aromatic rings. The number of hydrogen-bond acceptors (Lipinski definition) is 8. The summed E-state index contributed by atoms with van der Waals surface area (Å²) < 4.78 is 20.5. The van der Waals surface area contributed by atoms with Crippen molar-refractivity contribution in [1.82, 2.24) is 4.98 Å². The van der Waals surface area contributed by atoms with Crippen LogP contribution in [0.25, 0.3) is 11.3 Å². The lowest BCUT2D eigenvalue weighted by atomic mass is 10.1. The number of esters is 1. The van der Waals surface area contributed by atoms with E-state index in [1.165, 1.54) is 32.7 Å². The van der Waals surface area contributed by atoms with Gasteiger partial charge in [0.2, 0.25) is 5.75 Å². The Kier molecular flexibility index (Phi) is 6.18. The van der Waals surface area contributed by atoms with Crippen LogP contribution in [0.1, 0.15) is 6.92 Å². The molecular weight excluding hydrogens is 348 g/mol. The van der Waals surface area contributed by atoms with Gasteiger partial charge in [0.1, 0.15) is 0 Å². The van der Waals surface area contributed by atoms with Crippen molar-refractivity contribution in [2.75, 3.05) is 33.3 Å². The van der Waals surface area contributed by atoms with E-state index in [-0.39, 0.29) is 11.7 Å². The molecule has 8 nitrogen and oxygen atoms in total. The maximum absolute atomic E-state index is 11.7. The third-order valence-electron chi connectivity index (χ3n) is 3.15. The average Bonchev–Trinajstić information content (AvgIpc) is 3.08. The summed E-state index contributed by atoms with van der Waals surface area (Å²) in [6.07, 6.45) is 0. The summed E-state index contributed by atoms with van der Waals surface area (Å²) in [5.41, 5.74) is 1.30. The van der Waals surface area contributed by atoms with Crippen molar-refractivity contribution in [2.24, 2.45) is 0 Å². The summed E-state index contributed by atoms with van der Waals surface area (Å²) in [7, 11) is 4.56. The van der Waals surface area contributed by atoms with Gasteiger partial charge in [-0.3, -0.25) is 10.1 Å². The second kappa shape index (κ2) is 8.34. The van der Waals surface area contributed by atoms with Crippen molar-refractivity contribution in [3.63, 3.8) is 0 Å². The van der Waals surface area contributed by atoms with Crippen LogP contribution in [0, 0.1) is 0 Å². The Morgan fingerprint density at radius 2 is 1.76 bits per heavy atom. The highest BCUT2D eigenvalue weighted by Crippen LogP contribution is 2.41. The summed E-state index contributed by atoms with van der Waals surface area (Å²) in [6.45, 7) is 1.75. The molecule has 1 N–H and O–H groups in total. The molecule has 2 rings (SSSR count). The smallest absolute Gasteiger partial charge is 0.397 e. The van der Waals surface area contributed by atoms with Crippen molar-refractivity contribution in [1.29, 1.82) is 0 Å². The number of aromatic nitrogens is 1. The standard InChI is InChI=1S/C16H18N2O6S/c1-5-24-15(20)14(19)18-16-17-10(8-25-16)9-6-11(21-2)13(23-4)12(7-9)22-3/h6-8H,5H2,1-4H3,(H,17,18,19). The van der Waals surface area contributed by atoms with Crippen molar-refractivity contribution in [3.05, 3.63) is 17.5 Å². The first-order valence-corrected chi connectivity index (χ1v) is 8.16. The molecule has 9 heteroatoms. The number of ether oxygens (including phenoxy) is 4. The lowest BCUT2D eigenvalue weighted by Gasteiger charge is -2.13. The minimum Gasteiger partial charge on any atom is -0.493 e. The number of carbonyl (C=O) groups excluding carboxylic acids is 2. The fraction of sp³-hybridized carbons (Fsp3) is 0.312. The van der Waals surface area contributed by atoms with E-state index in [2.05, 4.69) is 15.0 Å². The maximum Gasteiger partial charge on any atom is 0.397 e. The van der Waals surface area contributed by atoms with Crippen molar-refractivity contribution in [2.45, 2.75) is 6.92 Å². The largest absolute Gasteiger partial charge is 0.493 e. The molecule has 1 aromatic carbocycles. The minimum absolute atomic E-state index is 0.126. The molecule has 0 radical (unpaired) electrons. The summed E-state index contributed by atoms with van der Waals surface area (Å²) in [5, 5.41) is 4.42. The van der Waals surface area contributed by atoms with Gasteiger partial charge in [-0.15, -0.1) is 11.3 Å². The van der Waals surface area contributed by atoms with Crippen molar-refractivity contribution < 1.29 is 28.5 Å². The molecule has 0 atom stereocenters. The van der Waals surface area contributed by atoms with Crippen LogP contribution in [0.15, 0.2) is 17.5 Å². The van der Waals surface area contributed by atoms with Crippen LogP contribution in [-0.2, 0) is 14.3 Å². The molecular formula is C16H18N2O6S. The molecule has 0 bridgehead atoms. The molecule has 25 heavy (non-hydrogen) atoms. The number of hydrogen-bond donors (Lipinski definition) is 1. The third kappa shape index (κ3) is 4.18. The monoisotopic (exact) mass is 366 g/mol. The van der Waals surface area contributed by atoms with Crippen molar-refractivity contribution in [3.8, 4) is 28.5 Å². The van der Waals surface area contributed by atoms with Gasteiger partial charge in [-0.05, 0) is 19.1 Å². The highest BCUT2D eigenvalue weighted by atomic mass is 32.1. The van der Waals surface area contributed by atoms with Crippen LogP contribution in [0.3, 0.4) is 0 Å². The van der Waals surface area contributed by atoms with E-state index in [1.54, 1.807) is 24.4 Å². The molecule has 0 aliphatic rings. The van der Waals surface area contributed by atoms with Gasteiger partial charge in [0, 0.05) is 10.9 Å². The number of amides is 1. The zero-order valence-electron chi connectivity index (χ0n) is 14.2. The fourth-order valence-electron chi connectivity index (χ4n) is 2.04. The Balaban J connectivity index is 2.27. The van der Waals surface area contributed by atoms with Crippen LogP contribution < -0.4 is 19.5 Å². The van der Waals surface area contributed by atoms with E-state index in [0.29, 0.717) is 28.5 Å². The number of benzene rings is 1. The molecule has 1 aromatic heterocycles. The van der Waals surface area contributed by atoms with E-state index >= 15 is 0 Å². The SMILES string of the molecule is CCOC(=O)C(=O)Nc1nc(-c2cc(OC)c(OC)c(OC)c2)cs1. The van der Waals surface area contributed by atoms with Gasteiger partial charge in [-0.25, -0.2) is 9.78 Å². The Hall–Kier alpha value is -2.81. The molecule has 0 spiro atoms. The highest BCUT2D eigenvalue weighted by Gasteiger charge is 2.18. The highest BCUT2D eigenvalue weighted by molar-refractivity contribution is 7.14. The number of anilines is 1. The number of methoxy groups -OCH3 is 3. The summed E-state index contributed by atoms with van der Waals surface area (Å²) in [4.78, 5) is 27.3. The molecule has 1 amide bonds. The fourth-order valence-corrected chi connectivity index (χ4v) is 2.75. The molecule has 1 heterocycles. The molecule has 0 aliphatic carbocycles. The lowest BCUT2D eigenvalue weighted by molar-refractivity contribution is -0.152. The quantitative estimate of drug-likeness (QED) is 0.619. The van der Waals surface area contributed by atoms with Crippen LogP contribution >= 0.6 is 11.3 Å². The second-order valence-electron chi connectivity index (χ2n) is 4.63. The van der Waals surface area contributed by atoms with Gasteiger partial charge >= 0.3 is 11.9 Å². The van der Waals surface area contributed by atoms with Gasteiger partial charge in [0.05, 0.1) is 33.6 Å². The van der Waals surface area contributed by atoms with Gasteiger partial charge in [-0.2, -0.15) is 0 Å². The number of rotatable bonds is 6. The molecule has 0 aliphatic heterocycles. The van der Waals surface area contributed by atoms with Gasteiger partial charge in [-0.1, -0.05) is 0 Å². The minimum atomic E-state index is -0.952. The zero-order chi connectivity index (χ0) is 18.4. The Morgan fingerprint density at radius 1 is 1.12 bits per heavy atom. The first-order valence-electron chi connectivity index (χ1n) is 7.28. The first-order chi connectivity index (χ1) is 12.0. The second-order valence-corrected chi connectivity index (χ2v) is 5.48. The van der Waals surface area contributed by atoms with Gasteiger partial charge in [0.15, 0.2) is 16.6 Å². The topological polar surface area (TPSA) is 96.0 Å². The van der Waals surface area contributed by atoms with Crippen LogP contribution in [-0.4, -0.2) is 44.8 Å². The van der Waals surface area contributed by atoms with E-state index in [9.17, 15) is 9.59 Å². The van der Waals surface area contributed by atoms with Crippen LogP contribution in [0.2, 0.25) is 0 Å². The van der Waals surface area contributed by atoms with Crippen LogP contribution in [0.4, 0.5) is 5.13 Å². The zero-order valence-corrected chi connectivity index (χ0v) is 15.1. The van der Waals surface area contributed by atoms with Crippen molar-refractivity contribution >= 4 is 28.3 Å². The summed E-state index contributed by atoms with van der Waals surface area (Å²) >= 11 is 1.18. The van der Waals surface area contributed by atoms with Gasteiger partial charge in [0.25, 0.3) is 0 Å². The van der Waals surface area contributed by atoms with Gasteiger partial charge < -0.3 is 18.9 Å². The number of thiazole rings is 1.